The molecule has 0 bridgehead atoms. The molecular formula is C20H23N3O2. The molecular weight excluding hydrogens is 314 g/mol. The zero-order chi connectivity index (χ0) is 18.0. The molecule has 2 amide bonds. The van der Waals surface area contributed by atoms with Gasteiger partial charge in [0.05, 0.1) is 0 Å². The smallest absolute Gasteiger partial charge is 0.247 e. The minimum Gasteiger partial charge on any atom is -0.353 e. The molecule has 1 aliphatic heterocycles. The lowest BCUT2D eigenvalue weighted by Gasteiger charge is -2.31. The maximum Gasteiger partial charge on any atom is 0.247 e. The first kappa shape index (κ1) is 17.0. The van der Waals surface area contributed by atoms with Crippen molar-refractivity contribution in [3.05, 3.63) is 59.4 Å². The Labute approximate surface area is 147 Å². The number of aromatic nitrogens is 1. The predicted octanol–water partition coefficient (Wildman–Crippen LogP) is 2.45. The van der Waals surface area contributed by atoms with Crippen LogP contribution in [0.3, 0.4) is 0 Å². The van der Waals surface area contributed by atoms with E-state index in [2.05, 4.69) is 35.0 Å². The summed E-state index contributed by atoms with van der Waals surface area (Å²) in [7, 11) is 0. The van der Waals surface area contributed by atoms with Crippen LogP contribution in [0.2, 0.25) is 0 Å². The van der Waals surface area contributed by atoms with Gasteiger partial charge in [-0.15, -0.1) is 0 Å². The van der Waals surface area contributed by atoms with Crippen LogP contribution in [0.15, 0.2) is 42.5 Å². The van der Waals surface area contributed by atoms with Crippen LogP contribution in [-0.4, -0.2) is 40.4 Å². The van der Waals surface area contributed by atoms with Crippen molar-refractivity contribution in [3.63, 3.8) is 0 Å². The van der Waals surface area contributed by atoms with Crippen molar-refractivity contribution >= 4 is 17.9 Å². The van der Waals surface area contributed by atoms with Crippen LogP contribution in [0, 0.1) is 13.8 Å². The molecule has 1 atom stereocenters. The molecule has 1 fully saturated rings. The van der Waals surface area contributed by atoms with Gasteiger partial charge in [-0.2, -0.15) is 0 Å². The highest BCUT2D eigenvalue weighted by Crippen LogP contribution is 2.21. The molecule has 5 heteroatoms. The molecule has 2 heterocycles. The molecule has 5 nitrogen and oxygen atoms in total. The second kappa shape index (κ2) is 6.97. The summed E-state index contributed by atoms with van der Waals surface area (Å²) in [5.74, 6) is -0.234. The van der Waals surface area contributed by atoms with Crippen molar-refractivity contribution in [1.29, 1.82) is 0 Å². The molecule has 1 aliphatic rings. The summed E-state index contributed by atoms with van der Waals surface area (Å²) in [4.78, 5) is 25.8. The number of nitrogens with one attached hydrogen (secondary N) is 1. The van der Waals surface area contributed by atoms with Crippen LogP contribution < -0.4 is 5.32 Å². The summed E-state index contributed by atoms with van der Waals surface area (Å²) in [6.07, 6.45) is 3.40. The number of aryl methyl sites for hydroxylation is 1. The fourth-order valence-corrected chi connectivity index (χ4v) is 3.27. The highest BCUT2D eigenvalue weighted by atomic mass is 16.2. The van der Waals surface area contributed by atoms with Gasteiger partial charge in [-0.25, -0.2) is 0 Å². The monoisotopic (exact) mass is 337 g/mol. The van der Waals surface area contributed by atoms with Crippen molar-refractivity contribution in [2.75, 3.05) is 13.1 Å². The van der Waals surface area contributed by atoms with Gasteiger partial charge in [-0.3, -0.25) is 9.59 Å². The Morgan fingerprint density at radius 3 is 2.68 bits per heavy atom. The average Bonchev–Trinajstić information content (AvgIpc) is 2.89. The highest BCUT2D eigenvalue weighted by Gasteiger charge is 2.27. The summed E-state index contributed by atoms with van der Waals surface area (Å²) in [5.41, 5.74) is 4.30. The number of amides is 2. The minimum absolute atomic E-state index is 0.102. The molecule has 0 aliphatic carbocycles. The van der Waals surface area contributed by atoms with Crippen LogP contribution in [0.1, 0.15) is 23.9 Å². The standard InChI is InChI=1S/C20H23N3O2/c1-14-13-17(15(2)23(14)18-7-5-4-6-8-18)9-10-19(24)22-12-11-21-20(25)16(22)3/h4-10,13,16H,11-12H2,1-3H3,(H,21,25)/b10-9+. The quantitative estimate of drug-likeness (QED) is 0.875. The molecule has 1 aromatic carbocycles. The van der Waals surface area contributed by atoms with E-state index in [4.69, 9.17) is 0 Å². The van der Waals surface area contributed by atoms with Crippen LogP contribution in [-0.2, 0) is 9.59 Å². The first-order valence-electron chi connectivity index (χ1n) is 8.50. The zero-order valence-electron chi connectivity index (χ0n) is 14.8. The van der Waals surface area contributed by atoms with Gasteiger partial charge in [0, 0.05) is 36.2 Å². The van der Waals surface area contributed by atoms with E-state index in [0.29, 0.717) is 13.1 Å². The number of hydrogen-bond donors (Lipinski definition) is 1. The Balaban J connectivity index is 1.83. The third kappa shape index (κ3) is 3.36. The summed E-state index contributed by atoms with van der Waals surface area (Å²) >= 11 is 0. The van der Waals surface area contributed by atoms with Gasteiger partial charge in [0.25, 0.3) is 0 Å². The van der Waals surface area contributed by atoms with Crippen LogP contribution in [0.5, 0.6) is 0 Å². The largest absolute Gasteiger partial charge is 0.353 e. The van der Waals surface area contributed by atoms with Gasteiger partial charge < -0.3 is 14.8 Å². The van der Waals surface area contributed by atoms with E-state index < -0.39 is 6.04 Å². The number of hydrogen-bond acceptors (Lipinski definition) is 2. The van der Waals surface area contributed by atoms with Crippen molar-refractivity contribution in [2.45, 2.75) is 26.8 Å². The number of carbonyl (C=O) groups excluding carboxylic acids is 2. The third-order valence-corrected chi connectivity index (χ3v) is 4.67. The normalized spacial score (nSPS) is 17.8. The Morgan fingerprint density at radius 1 is 1.24 bits per heavy atom. The van der Waals surface area contributed by atoms with E-state index in [-0.39, 0.29) is 11.8 Å². The van der Waals surface area contributed by atoms with Gasteiger partial charge in [0.1, 0.15) is 6.04 Å². The second-order valence-corrected chi connectivity index (χ2v) is 6.33. The highest BCUT2D eigenvalue weighted by molar-refractivity contribution is 5.96. The number of nitrogens with zero attached hydrogens (tertiary/aromatic N) is 2. The molecule has 1 N–H and O–H groups in total. The van der Waals surface area contributed by atoms with Crippen LogP contribution in [0.25, 0.3) is 11.8 Å². The second-order valence-electron chi connectivity index (χ2n) is 6.33. The summed E-state index contributed by atoms with van der Waals surface area (Å²) < 4.78 is 2.17. The number of carbonyl (C=O) groups is 2. The van der Waals surface area contributed by atoms with E-state index in [1.54, 1.807) is 17.9 Å². The zero-order valence-corrected chi connectivity index (χ0v) is 14.8. The summed E-state index contributed by atoms with van der Waals surface area (Å²) in [6.45, 7) is 6.89. The van der Waals surface area contributed by atoms with Crippen molar-refractivity contribution in [2.24, 2.45) is 0 Å². The van der Waals surface area contributed by atoms with Gasteiger partial charge in [0.2, 0.25) is 11.8 Å². The maximum absolute atomic E-state index is 12.5. The fourth-order valence-electron chi connectivity index (χ4n) is 3.27. The molecule has 25 heavy (non-hydrogen) atoms. The van der Waals surface area contributed by atoms with Crippen molar-refractivity contribution < 1.29 is 9.59 Å². The molecule has 3 rings (SSSR count). The first-order valence-corrected chi connectivity index (χ1v) is 8.50. The number of piperazine rings is 1. The lowest BCUT2D eigenvalue weighted by atomic mass is 10.2. The molecule has 0 radical (unpaired) electrons. The first-order chi connectivity index (χ1) is 12.0. The van der Waals surface area contributed by atoms with E-state index in [1.165, 1.54) is 0 Å². The average molecular weight is 337 g/mol. The lowest BCUT2D eigenvalue weighted by Crippen LogP contribution is -2.55. The lowest BCUT2D eigenvalue weighted by molar-refractivity contribution is -0.139. The van der Waals surface area contributed by atoms with Crippen LogP contribution >= 0.6 is 0 Å². The van der Waals surface area contributed by atoms with Crippen LogP contribution in [0.4, 0.5) is 0 Å². The maximum atomic E-state index is 12.5. The number of benzene rings is 1. The van der Waals surface area contributed by atoms with Gasteiger partial charge in [-0.05, 0) is 50.6 Å². The molecule has 1 aromatic heterocycles. The topological polar surface area (TPSA) is 54.3 Å². The molecule has 130 valence electrons. The Hall–Kier alpha value is -2.82. The number of rotatable bonds is 3. The SMILES string of the molecule is Cc1cc(/C=C/C(=O)N2CCNC(=O)C2C)c(C)n1-c1ccccc1. The molecule has 2 aromatic rings. The predicted molar refractivity (Wildman–Crippen MR) is 98.5 cm³/mol. The Kier molecular flexibility index (Phi) is 4.74. The minimum atomic E-state index is -0.428. The number of para-hydroxylation sites is 1. The summed E-state index contributed by atoms with van der Waals surface area (Å²) in [6, 6.07) is 11.8. The van der Waals surface area contributed by atoms with Gasteiger partial charge >= 0.3 is 0 Å². The van der Waals surface area contributed by atoms with E-state index in [0.717, 1.165) is 22.6 Å². The van der Waals surface area contributed by atoms with E-state index >= 15 is 0 Å². The van der Waals surface area contributed by atoms with Gasteiger partial charge in [0.15, 0.2) is 0 Å². The Morgan fingerprint density at radius 2 is 1.96 bits per heavy atom. The molecule has 1 unspecified atom stereocenters. The fraction of sp³-hybridized carbons (Fsp3) is 0.300. The van der Waals surface area contributed by atoms with Crippen molar-refractivity contribution in [1.82, 2.24) is 14.8 Å². The molecule has 1 saturated heterocycles. The third-order valence-electron chi connectivity index (χ3n) is 4.67. The van der Waals surface area contributed by atoms with Gasteiger partial charge in [-0.1, -0.05) is 18.2 Å². The van der Waals surface area contributed by atoms with E-state index in [1.807, 2.05) is 31.2 Å². The van der Waals surface area contributed by atoms with E-state index in [9.17, 15) is 9.59 Å². The van der Waals surface area contributed by atoms with Crippen molar-refractivity contribution in [3.8, 4) is 5.69 Å². The Bertz CT molecular complexity index is 821. The molecule has 0 saturated carbocycles. The molecule has 0 spiro atoms. The summed E-state index contributed by atoms with van der Waals surface area (Å²) in [5, 5.41) is 2.77.